The Morgan fingerprint density at radius 1 is 1.24 bits per heavy atom. The van der Waals surface area contributed by atoms with E-state index in [4.69, 9.17) is 10.5 Å². The lowest BCUT2D eigenvalue weighted by Crippen LogP contribution is -2.18. The third-order valence-corrected chi connectivity index (χ3v) is 3.01. The highest BCUT2D eigenvalue weighted by molar-refractivity contribution is 5.32. The molecule has 2 heteroatoms. The van der Waals surface area contributed by atoms with E-state index in [0.29, 0.717) is 6.61 Å². The molecule has 0 aliphatic rings. The SMILES string of the molecule is CCCCCOCC(N)c1ccc(C)cc1C. The van der Waals surface area contributed by atoms with Gasteiger partial charge < -0.3 is 10.5 Å². The number of benzene rings is 1. The van der Waals surface area contributed by atoms with E-state index in [1.165, 1.54) is 29.5 Å². The highest BCUT2D eigenvalue weighted by Crippen LogP contribution is 2.17. The van der Waals surface area contributed by atoms with Crippen LogP contribution in [0.3, 0.4) is 0 Å². The molecule has 0 amide bonds. The number of rotatable bonds is 7. The lowest BCUT2D eigenvalue weighted by molar-refractivity contribution is 0.117. The molecule has 1 atom stereocenters. The van der Waals surface area contributed by atoms with Gasteiger partial charge in [-0.1, -0.05) is 43.5 Å². The molecule has 1 aromatic rings. The Morgan fingerprint density at radius 3 is 2.65 bits per heavy atom. The predicted molar refractivity (Wildman–Crippen MR) is 73.2 cm³/mol. The van der Waals surface area contributed by atoms with Gasteiger partial charge in [-0.15, -0.1) is 0 Å². The Morgan fingerprint density at radius 2 is 2.00 bits per heavy atom. The van der Waals surface area contributed by atoms with Gasteiger partial charge in [0.05, 0.1) is 12.6 Å². The minimum Gasteiger partial charge on any atom is -0.379 e. The summed E-state index contributed by atoms with van der Waals surface area (Å²) >= 11 is 0. The van der Waals surface area contributed by atoms with Gasteiger partial charge in [-0.25, -0.2) is 0 Å². The molecule has 0 heterocycles. The maximum absolute atomic E-state index is 6.14. The van der Waals surface area contributed by atoms with Crippen LogP contribution < -0.4 is 5.73 Å². The van der Waals surface area contributed by atoms with Crippen molar-refractivity contribution in [2.45, 2.75) is 46.1 Å². The van der Waals surface area contributed by atoms with E-state index in [0.717, 1.165) is 13.0 Å². The smallest absolute Gasteiger partial charge is 0.0659 e. The first kappa shape index (κ1) is 14.2. The van der Waals surface area contributed by atoms with Crippen LogP contribution in [0.5, 0.6) is 0 Å². The summed E-state index contributed by atoms with van der Waals surface area (Å²) in [4.78, 5) is 0. The van der Waals surface area contributed by atoms with E-state index in [1.807, 2.05) is 0 Å². The maximum Gasteiger partial charge on any atom is 0.0659 e. The number of nitrogens with two attached hydrogens (primary N) is 1. The van der Waals surface area contributed by atoms with Crippen molar-refractivity contribution >= 4 is 0 Å². The molecule has 0 aliphatic heterocycles. The van der Waals surface area contributed by atoms with Crippen LogP contribution in [-0.2, 0) is 4.74 Å². The molecule has 1 aromatic carbocycles. The van der Waals surface area contributed by atoms with Crippen molar-refractivity contribution in [3.05, 3.63) is 34.9 Å². The number of ether oxygens (including phenoxy) is 1. The summed E-state index contributed by atoms with van der Waals surface area (Å²) in [5, 5.41) is 0. The van der Waals surface area contributed by atoms with E-state index in [2.05, 4.69) is 39.0 Å². The molecule has 0 bridgehead atoms. The number of unbranched alkanes of at least 4 members (excludes halogenated alkanes) is 2. The zero-order valence-corrected chi connectivity index (χ0v) is 11.3. The normalized spacial score (nSPS) is 12.7. The fourth-order valence-electron chi connectivity index (χ4n) is 2.00. The Labute approximate surface area is 105 Å². The van der Waals surface area contributed by atoms with E-state index in [9.17, 15) is 0 Å². The van der Waals surface area contributed by atoms with Crippen LogP contribution in [0, 0.1) is 13.8 Å². The minimum absolute atomic E-state index is 0.00257. The van der Waals surface area contributed by atoms with Gasteiger partial charge in [0.2, 0.25) is 0 Å². The summed E-state index contributed by atoms with van der Waals surface area (Å²) < 4.78 is 5.61. The van der Waals surface area contributed by atoms with Crippen LogP contribution in [0.1, 0.15) is 48.9 Å². The Kier molecular flexibility index (Phi) is 6.23. The molecule has 17 heavy (non-hydrogen) atoms. The molecule has 96 valence electrons. The third-order valence-electron chi connectivity index (χ3n) is 3.01. The van der Waals surface area contributed by atoms with Crippen LogP contribution in [-0.4, -0.2) is 13.2 Å². The average molecular weight is 235 g/mol. The molecule has 0 saturated carbocycles. The second kappa shape index (κ2) is 7.46. The average Bonchev–Trinajstić information content (AvgIpc) is 2.28. The highest BCUT2D eigenvalue weighted by atomic mass is 16.5. The van der Waals surface area contributed by atoms with Gasteiger partial charge in [0.25, 0.3) is 0 Å². The molecule has 1 unspecified atom stereocenters. The van der Waals surface area contributed by atoms with Crippen LogP contribution in [0.25, 0.3) is 0 Å². The first-order valence-corrected chi connectivity index (χ1v) is 6.55. The number of hydrogen-bond donors (Lipinski definition) is 1. The van der Waals surface area contributed by atoms with Gasteiger partial charge in [-0.05, 0) is 31.4 Å². The molecule has 2 N–H and O–H groups in total. The number of hydrogen-bond acceptors (Lipinski definition) is 2. The van der Waals surface area contributed by atoms with Crippen LogP contribution >= 0.6 is 0 Å². The Hall–Kier alpha value is -0.860. The van der Waals surface area contributed by atoms with Crippen LogP contribution in [0.2, 0.25) is 0 Å². The molecule has 0 radical (unpaired) electrons. The summed E-state index contributed by atoms with van der Waals surface area (Å²) in [6.07, 6.45) is 3.60. The zero-order chi connectivity index (χ0) is 12.7. The third kappa shape index (κ3) is 4.88. The van der Waals surface area contributed by atoms with E-state index >= 15 is 0 Å². The predicted octanol–water partition coefficient (Wildman–Crippen LogP) is 3.51. The molecule has 1 rings (SSSR count). The largest absolute Gasteiger partial charge is 0.379 e. The van der Waals surface area contributed by atoms with Gasteiger partial charge in [0.15, 0.2) is 0 Å². The van der Waals surface area contributed by atoms with Gasteiger partial charge in [-0.2, -0.15) is 0 Å². The summed E-state index contributed by atoms with van der Waals surface area (Å²) in [7, 11) is 0. The first-order valence-electron chi connectivity index (χ1n) is 6.55. The van der Waals surface area contributed by atoms with Crippen molar-refractivity contribution in [1.82, 2.24) is 0 Å². The monoisotopic (exact) mass is 235 g/mol. The van der Waals surface area contributed by atoms with Crippen molar-refractivity contribution in [2.24, 2.45) is 5.73 Å². The van der Waals surface area contributed by atoms with Crippen molar-refractivity contribution < 1.29 is 4.74 Å². The summed E-state index contributed by atoms with van der Waals surface area (Å²) in [6, 6.07) is 6.40. The van der Waals surface area contributed by atoms with Crippen molar-refractivity contribution in [2.75, 3.05) is 13.2 Å². The second-order valence-electron chi connectivity index (χ2n) is 4.75. The zero-order valence-electron chi connectivity index (χ0n) is 11.3. The van der Waals surface area contributed by atoms with E-state index in [-0.39, 0.29) is 6.04 Å². The molecule has 0 fully saturated rings. The summed E-state index contributed by atoms with van der Waals surface area (Å²) in [5.41, 5.74) is 9.87. The standard InChI is InChI=1S/C15H25NO/c1-4-5-6-9-17-11-15(16)14-8-7-12(2)10-13(14)3/h7-8,10,15H,4-6,9,11,16H2,1-3H3. The Bertz CT molecular complexity index is 336. The lowest BCUT2D eigenvalue weighted by atomic mass is 10.0. The first-order chi connectivity index (χ1) is 8.15. The molecule has 0 spiro atoms. The van der Waals surface area contributed by atoms with Crippen molar-refractivity contribution in [3.63, 3.8) is 0 Å². The minimum atomic E-state index is -0.00257. The van der Waals surface area contributed by atoms with Crippen LogP contribution in [0.4, 0.5) is 0 Å². The number of aryl methyl sites for hydroxylation is 2. The van der Waals surface area contributed by atoms with Gasteiger partial charge in [0.1, 0.15) is 0 Å². The van der Waals surface area contributed by atoms with Crippen LogP contribution in [0.15, 0.2) is 18.2 Å². The lowest BCUT2D eigenvalue weighted by Gasteiger charge is -2.15. The van der Waals surface area contributed by atoms with E-state index < -0.39 is 0 Å². The van der Waals surface area contributed by atoms with Gasteiger partial charge in [-0.3, -0.25) is 0 Å². The topological polar surface area (TPSA) is 35.2 Å². The Balaban J connectivity index is 2.38. The van der Waals surface area contributed by atoms with Gasteiger partial charge in [0, 0.05) is 6.61 Å². The molecular weight excluding hydrogens is 210 g/mol. The second-order valence-corrected chi connectivity index (χ2v) is 4.75. The van der Waals surface area contributed by atoms with E-state index in [1.54, 1.807) is 0 Å². The molecule has 0 aromatic heterocycles. The molecular formula is C15H25NO. The van der Waals surface area contributed by atoms with Crippen molar-refractivity contribution in [3.8, 4) is 0 Å². The van der Waals surface area contributed by atoms with Crippen molar-refractivity contribution in [1.29, 1.82) is 0 Å². The fraction of sp³-hybridized carbons (Fsp3) is 0.600. The summed E-state index contributed by atoms with van der Waals surface area (Å²) in [5.74, 6) is 0. The van der Waals surface area contributed by atoms with Gasteiger partial charge >= 0.3 is 0 Å². The molecule has 0 saturated heterocycles. The molecule has 2 nitrogen and oxygen atoms in total. The fourth-order valence-corrected chi connectivity index (χ4v) is 2.00. The highest BCUT2D eigenvalue weighted by Gasteiger charge is 2.08. The summed E-state index contributed by atoms with van der Waals surface area (Å²) in [6.45, 7) is 7.85. The quantitative estimate of drug-likeness (QED) is 0.734. The molecule has 0 aliphatic carbocycles. The maximum atomic E-state index is 6.14.